The minimum absolute atomic E-state index is 0.203. The van der Waals surface area contributed by atoms with E-state index in [1.54, 1.807) is 12.4 Å². The lowest BCUT2D eigenvalue weighted by Gasteiger charge is -2.31. The van der Waals surface area contributed by atoms with Gasteiger partial charge in [-0.3, -0.25) is 0 Å². The van der Waals surface area contributed by atoms with Crippen molar-refractivity contribution in [3.63, 3.8) is 0 Å². The molecule has 1 aromatic heterocycles. The van der Waals surface area contributed by atoms with Crippen molar-refractivity contribution >= 4 is 5.69 Å². The van der Waals surface area contributed by atoms with Gasteiger partial charge in [0.15, 0.2) is 5.82 Å². The lowest BCUT2D eigenvalue weighted by molar-refractivity contribution is 0.556. The van der Waals surface area contributed by atoms with Crippen molar-refractivity contribution in [3.8, 4) is 0 Å². The summed E-state index contributed by atoms with van der Waals surface area (Å²) in [4.78, 5) is 2.17. The lowest BCUT2D eigenvalue weighted by Crippen LogP contribution is -2.34. The standard InChI is InChI=1S/C13H16FN5/c1-9(15)11-6-10(14)2-3-12(11)18-4-5-19-8-16-17-13(19)7-18/h2-3,6,8-9H,4-5,7,15H2,1H3/t9-/m0/s1. The Kier molecular flexibility index (Phi) is 2.94. The highest BCUT2D eigenvalue weighted by Gasteiger charge is 2.21. The summed E-state index contributed by atoms with van der Waals surface area (Å²) in [6, 6.07) is 4.57. The Morgan fingerprint density at radius 1 is 1.37 bits per heavy atom. The molecule has 2 N–H and O–H groups in total. The van der Waals surface area contributed by atoms with Gasteiger partial charge in [0, 0.05) is 24.8 Å². The summed E-state index contributed by atoms with van der Waals surface area (Å²) in [5.41, 5.74) is 7.74. The Bertz CT molecular complexity index is 592. The van der Waals surface area contributed by atoms with E-state index in [2.05, 4.69) is 15.1 Å². The average molecular weight is 261 g/mol. The predicted octanol–water partition coefficient (Wildman–Crippen LogP) is 1.46. The van der Waals surface area contributed by atoms with E-state index < -0.39 is 0 Å². The molecule has 19 heavy (non-hydrogen) atoms. The van der Waals surface area contributed by atoms with Crippen molar-refractivity contribution < 1.29 is 4.39 Å². The van der Waals surface area contributed by atoms with Crippen molar-refractivity contribution in [1.82, 2.24) is 14.8 Å². The maximum atomic E-state index is 13.4. The van der Waals surface area contributed by atoms with Crippen LogP contribution in [0, 0.1) is 5.82 Å². The van der Waals surface area contributed by atoms with Crippen LogP contribution in [0.3, 0.4) is 0 Å². The van der Waals surface area contributed by atoms with Crippen LogP contribution in [-0.4, -0.2) is 21.3 Å². The van der Waals surface area contributed by atoms with Gasteiger partial charge in [-0.2, -0.15) is 0 Å². The lowest BCUT2D eigenvalue weighted by atomic mass is 10.0. The second kappa shape index (κ2) is 4.62. The summed E-state index contributed by atoms with van der Waals surface area (Å²) in [7, 11) is 0. The average Bonchev–Trinajstić information content (AvgIpc) is 2.85. The first-order valence-corrected chi connectivity index (χ1v) is 6.32. The summed E-state index contributed by atoms with van der Waals surface area (Å²) in [5, 5.41) is 8.00. The third kappa shape index (κ3) is 2.19. The molecule has 1 aliphatic heterocycles. The first kappa shape index (κ1) is 12.1. The fourth-order valence-corrected chi connectivity index (χ4v) is 2.45. The van der Waals surface area contributed by atoms with Crippen LogP contribution in [0.5, 0.6) is 0 Å². The first-order chi connectivity index (χ1) is 9.15. The SMILES string of the molecule is C[C@H](N)c1cc(F)ccc1N1CCn2cnnc2C1. The molecule has 0 radical (unpaired) electrons. The Labute approximate surface area is 110 Å². The summed E-state index contributed by atoms with van der Waals surface area (Å²) >= 11 is 0. The van der Waals surface area contributed by atoms with Gasteiger partial charge in [-0.25, -0.2) is 4.39 Å². The number of nitrogens with two attached hydrogens (primary N) is 1. The molecule has 5 nitrogen and oxygen atoms in total. The molecule has 0 saturated carbocycles. The molecule has 100 valence electrons. The molecular formula is C13H16FN5. The molecule has 1 aliphatic rings. The number of benzene rings is 1. The van der Waals surface area contributed by atoms with Crippen LogP contribution in [0.15, 0.2) is 24.5 Å². The zero-order valence-electron chi connectivity index (χ0n) is 10.8. The van der Waals surface area contributed by atoms with Gasteiger partial charge in [0.05, 0.1) is 6.54 Å². The van der Waals surface area contributed by atoms with Crippen LogP contribution in [0.2, 0.25) is 0 Å². The molecule has 1 aromatic carbocycles. The fourth-order valence-electron chi connectivity index (χ4n) is 2.45. The predicted molar refractivity (Wildman–Crippen MR) is 70.1 cm³/mol. The van der Waals surface area contributed by atoms with E-state index in [9.17, 15) is 4.39 Å². The van der Waals surface area contributed by atoms with Crippen molar-refractivity contribution in [1.29, 1.82) is 0 Å². The summed E-state index contributed by atoms with van der Waals surface area (Å²) in [6.45, 7) is 4.21. The van der Waals surface area contributed by atoms with Gasteiger partial charge in [-0.15, -0.1) is 10.2 Å². The number of aromatic nitrogens is 3. The number of halogens is 1. The maximum Gasteiger partial charge on any atom is 0.152 e. The minimum Gasteiger partial charge on any atom is -0.362 e. The van der Waals surface area contributed by atoms with Crippen molar-refractivity contribution in [2.45, 2.75) is 26.1 Å². The molecule has 6 heteroatoms. The molecule has 3 rings (SSSR count). The van der Waals surface area contributed by atoms with Gasteiger partial charge in [0.25, 0.3) is 0 Å². The topological polar surface area (TPSA) is 60.0 Å². The monoisotopic (exact) mass is 261 g/mol. The molecule has 2 heterocycles. The Hall–Kier alpha value is -1.95. The number of hydrogen-bond acceptors (Lipinski definition) is 4. The minimum atomic E-state index is -0.253. The van der Waals surface area contributed by atoms with E-state index in [1.807, 2.05) is 11.5 Å². The normalized spacial score (nSPS) is 16.3. The zero-order chi connectivity index (χ0) is 13.4. The zero-order valence-corrected chi connectivity index (χ0v) is 10.8. The largest absolute Gasteiger partial charge is 0.362 e. The number of nitrogens with zero attached hydrogens (tertiary/aromatic N) is 4. The second-order valence-corrected chi connectivity index (χ2v) is 4.85. The smallest absolute Gasteiger partial charge is 0.152 e. The summed E-state index contributed by atoms with van der Waals surface area (Å²) in [5.74, 6) is 0.669. The van der Waals surface area contributed by atoms with Gasteiger partial charge in [0.2, 0.25) is 0 Å². The number of anilines is 1. The van der Waals surface area contributed by atoms with Crippen LogP contribution in [-0.2, 0) is 13.1 Å². The Balaban J connectivity index is 1.95. The van der Waals surface area contributed by atoms with Gasteiger partial charge in [-0.1, -0.05) is 0 Å². The molecule has 0 amide bonds. The van der Waals surface area contributed by atoms with Gasteiger partial charge < -0.3 is 15.2 Å². The molecule has 0 fully saturated rings. The van der Waals surface area contributed by atoms with Gasteiger partial charge >= 0.3 is 0 Å². The van der Waals surface area contributed by atoms with Gasteiger partial charge in [0.1, 0.15) is 12.1 Å². The van der Waals surface area contributed by atoms with Crippen LogP contribution in [0.25, 0.3) is 0 Å². The van der Waals surface area contributed by atoms with Crippen LogP contribution < -0.4 is 10.6 Å². The van der Waals surface area contributed by atoms with E-state index >= 15 is 0 Å². The van der Waals surface area contributed by atoms with Crippen molar-refractivity contribution in [2.75, 3.05) is 11.4 Å². The van der Waals surface area contributed by atoms with E-state index in [0.717, 1.165) is 30.2 Å². The first-order valence-electron chi connectivity index (χ1n) is 6.32. The van der Waals surface area contributed by atoms with Crippen LogP contribution >= 0.6 is 0 Å². The highest BCUT2D eigenvalue weighted by Crippen LogP contribution is 2.28. The molecular weight excluding hydrogens is 245 g/mol. The number of hydrogen-bond donors (Lipinski definition) is 1. The quantitative estimate of drug-likeness (QED) is 0.889. The van der Waals surface area contributed by atoms with E-state index in [0.29, 0.717) is 6.54 Å². The molecule has 0 saturated heterocycles. The third-order valence-corrected chi connectivity index (χ3v) is 3.46. The van der Waals surface area contributed by atoms with Crippen molar-refractivity contribution in [3.05, 3.63) is 41.7 Å². The molecule has 0 unspecified atom stereocenters. The second-order valence-electron chi connectivity index (χ2n) is 4.85. The highest BCUT2D eigenvalue weighted by atomic mass is 19.1. The molecule has 0 spiro atoms. The summed E-state index contributed by atoms with van der Waals surface area (Å²) in [6.07, 6.45) is 1.74. The number of rotatable bonds is 2. The Morgan fingerprint density at radius 3 is 3.00 bits per heavy atom. The fraction of sp³-hybridized carbons (Fsp3) is 0.385. The maximum absolute atomic E-state index is 13.4. The third-order valence-electron chi connectivity index (χ3n) is 3.46. The van der Waals surface area contributed by atoms with Gasteiger partial charge in [-0.05, 0) is 30.7 Å². The van der Waals surface area contributed by atoms with E-state index in [1.165, 1.54) is 12.1 Å². The van der Waals surface area contributed by atoms with Crippen LogP contribution in [0.4, 0.5) is 10.1 Å². The van der Waals surface area contributed by atoms with Crippen molar-refractivity contribution in [2.24, 2.45) is 5.73 Å². The molecule has 0 aliphatic carbocycles. The molecule has 2 aromatic rings. The molecule has 1 atom stereocenters. The van der Waals surface area contributed by atoms with Crippen LogP contribution in [0.1, 0.15) is 24.4 Å². The van der Waals surface area contributed by atoms with E-state index in [-0.39, 0.29) is 11.9 Å². The Morgan fingerprint density at radius 2 is 2.21 bits per heavy atom. The number of fused-ring (bicyclic) bond motifs is 1. The molecule has 0 bridgehead atoms. The highest BCUT2D eigenvalue weighted by molar-refractivity contribution is 5.55. The van der Waals surface area contributed by atoms with E-state index in [4.69, 9.17) is 5.73 Å². The summed E-state index contributed by atoms with van der Waals surface area (Å²) < 4.78 is 15.4.